The van der Waals surface area contributed by atoms with E-state index in [0.29, 0.717) is 19.4 Å². The van der Waals surface area contributed by atoms with Gasteiger partial charge in [-0.3, -0.25) is 4.79 Å². The molecule has 0 aliphatic heterocycles. The van der Waals surface area contributed by atoms with Crippen molar-refractivity contribution in [2.75, 3.05) is 6.54 Å². The van der Waals surface area contributed by atoms with Gasteiger partial charge in [0.05, 0.1) is 6.07 Å². The maximum atomic E-state index is 12.1. The molecule has 1 amide bonds. The van der Waals surface area contributed by atoms with Crippen LogP contribution in [0.25, 0.3) is 0 Å². The second kappa shape index (κ2) is 4.49. The summed E-state index contributed by atoms with van der Waals surface area (Å²) in [7, 11) is 0. The first-order valence-corrected chi connectivity index (χ1v) is 6.33. The number of nitrogens with zero attached hydrogens (tertiary/aromatic N) is 1. The van der Waals surface area contributed by atoms with Gasteiger partial charge in [0, 0.05) is 24.4 Å². The number of hydrogen-bond acceptors (Lipinski definition) is 2. The minimum absolute atomic E-state index is 0.111. The van der Waals surface area contributed by atoms with Gasteiger partial charge >= 0.3 is 0 Å². The Bertz CT molecular complexity index is 464. The highest BCUT2D eigenvalue weighted by molar-refractivity contribution is 5.86. The van der Waals surface area contributed by atoms with Gasteiger partial charge < -0.3 is 10.3 Å². The van der Waals surface area contributed by atoms with Crippen molar-refractivity contribution in [2.45, 2.75) is 38.5 Å². The highest BCUT2D eigenvalue weighted by atomic mass is 16.2. The minimum atomic E-state index is -0.756. The molecule has 1 aliphatic carbocycles. The Morgan fingerprint density at radius 1 is 1.61 bits per heavy atom. The SMILES string of the molecule is CC(C)(CNC(=O)C1(C#N)CCC1)c1cc[nH]c1. The summed E-state index contributed by atoms with van der Waals surface area (Å²) in [4.78, 5) is 15.1. The van der Waals surface area contributed by atoms with E-state index in [-0.39, 0.29) is 11.3 Å². The van der Waals surface area contributed by atoms with Crippen molar-refractivity contribution in [1.82, 2.24) is 10.3 Å². The molecule has 2 N–H and O–H groups in total. The molecule has 0 saturated heterocycles. The number of hydrogen-bond donors (Lipinski definition) is 2. The Morgan fingerprint density at radius 2 is 2.33 bits per heavy atom. The zero-order chi connectivity index (χ0) is 13.2. The molecule has 1 aliphatic rings. The molecule has 0 radical (unpaired) electrons. The van der Waals surface area contributed by atoms with Gasteiger partial charge in [-0.25, -0.2) is 0 Å². The van der Waals surface area contributed by atoms with Gasteiger partial charge in [-0.1, -0.05) is 13.8 Å². The van der Waals surface area contributed by atoms with E-state index in [1.807, 2.05) is 18.5 Å². The summed E-state index contributed by atoms with van der Waals surface area (Å²) in [5.74, 6) is -0.111. The number of aromatic nitrogens is 1. The van der Waals surface area contributed by atoms with Gasteiger partial charge in [0.2, 0.25) is 5.91 Å². The van der Waals surface area contributed by atoms with Crippen molar-refractivity contribution in [3.05, 3.63) is 24.0 Å². The Balaban J connectivity index is 1.96. The molecule has 96 valence electrons. The Hall–Kier alpha value is -1.76. The molecular formula is C14H19N3O. The normalized spacial score (nSPS) is 17.6. The van der Waals surface area contributed by atoms with Gasteiger partial charge in [-0.2, -0.15) is 5.26 Å². The van der Waals surface area contributed by atoms with Crippen LogP contribution in [0.15, 0.2) is 18.5 Å². The van der Waals surface area contributed by atoms with Gasteiger partial charge in [0.25, 0.3) is 0 Å². The van der Waals surface area contributed by atoms with E-state index in [1.54, 1.807) is 0 Å². The highest BCUT2D eigenvalue weighted by Gasteiger charge is 2.44. The van der Waals surface area contributed by atoms with Crippen LogP contribution < -0.4 is 5.32 Å². The third-order valence-corrected chi connectivity index (χ3v) is 3.93. The fraction of sp³-hybridized carbons (Fsp3) is 0.571. The molecule has 1 aromatic rings. The second-order valence-electron chi connectivity index (χ2n) is 5.71. The topological polar surface area (TPSA) is 68.7 Å². The molecule has 0 unspecified atom stereocenters. The third kappa shape index (κ3) is 2.13. The molecule has 4 nitrogen and oxygen atoms in total. The van der Waals surface area contributed by atoms with E-state index < -0.39 is 5.41 Å². The molecule has 1 aromatic heterocycles. The van der Waals surface area contributed by atoms with Gasteiger partial charge in [0.1, 0.15) is 5.41 Å². The summed E-state index contributed by atoms with van der Waals surface area (Å²) in [5, 5.41) is 12.0. The van der Waals surface area contributed by atoms with Crippen molar-refractivity contribution in [3.63, 3.8) is 0 Å². The van der Waals surface area contributed by atoms with Crippen LogP contribution in [0.1, 0.15) is 38.7 Å². The quantitative estimate of drug-likeness (QED) is 0.853. The van der Waals surface area contributed by atoms with Crippen molar-refractivity contribution >= 4 is 5.91 Å². The van der Waals surface area contributed by atoms with E-state index in [0.717, 1.165) is 12.0 Å². The molecule has 0 bridgehead atoms. The molecule has 0 spiro atoms. The monoisotopic (exact) mass is 245 g/mol. The predicted octanol–water partition coefficient (Wildman–Crippen LogP) is 2.10. The van der Waals surface area contributed by atoms with Crippen LogP contribution in [0.5, 0.6) is 0 Å². The first kappa shape index (κ1) is 12.7. The van der Waals surface area contributed by atoms with Crippen LogP contribution in [0, 0.1) is 16.7 Å². The maximum Gasteiger partial charge on any atom is 0.240 e. The van der Waals surface area contributed by atoms with E-state index in [9.17, 15) is 4.79 Å². The smallest absolute Gasteiger partial charge is 0.240 e. The van der Waals surface area contributed by atoms with Crippen molar-refractivity contribution in [1.29, 1.82) is 5.26 Å². The molecule has 0 atom stereocenters. The fourth-order valence-electron chi connectivity index (χ4n) is 2.24. The first-order chi connectivity index (χ1) is 8.50. The van der Waals surface area contributed by atoms with E-state index in [4.69, 9.17) is 5.26 Å². The van der Waals surface area contributed by atoms with Crippen LogP contribution >= 0.6 is 0 Å². The number of aromatic amines is 1. The molecule has 18 heavy (non-hydrogen) atoms. The lowest BCUT2D eigenvalue weighted by Crippen LogP contribution is -2.48. The fourth-order valence-corrected chi connectivity index (χ4v) is 2.24. The average molecular weight is 245 g/mol. The summed E-state index contributed by atoms with van der Waals surface area (Å²) in [6, 6.07) is 4.18. The van der Waals surface area contributed by atoms with E-state index in [2.05, 4.69) is 30.2 Å². The first-order valence-electron chi connectivity index (χ1n) is 6.33. The van der Waals surface area contributed by atoms with Crippen LogP contribution in [0.2, 0.25) is 0 Å². The number of nitriles is 1. The average Bonchev–Trinajstić information content (AvgIpc) is 2.80. The van der Waals surface area contributed by atoms with Crippen molar-refractivity contribution in [2.24, 2.45) is 5.41 Å². The zero-order valence-electron chi connectivity index (χ0n) is 10.9. The summed E-state index contributed by atoms with van der Waals surface area (Å²) < 4.78 is 0. The van der Waals surface area contributed by atoms with E-state index >= 15 is 0 Å². The molecule has 1 saturated carbocycles. The van der Waals surface area contributed by atoms with Crippen LogP contribution in [0.4, 0.5) is 0 Å². The number of carbonyl (C=O) groups is 1. The molecule has 1 fully saturated rings. The summed E-state index contributed by atoms with van der Waals surface area (Å²) in [6.45, 7) is 4.71. The number of amides is 1. The highest BCUT2D eigenvalue weighted by Crippen LogP contribution is 2.40. The minimum Gasteiger partial charge on any atom is -0.367 e. The standard InChI is InChI=1S/C14H19N3O/c1-13(2,11-4-7-16-8-11)10-17-12(18)14(9-15)5-3-6-14/h4,7-8,16H,3,5-6,10H2,1-2H3,(H,17,18). The van der Waals surface area contributed by atoms with Crippen molar-refractivity contribution in [3.8, 4) is 6.07 Å². The van der Waals surface area contributed by atoms with Crippen molar-refractivity contribution < 1.29 is 4.79 Å². The largest absolute Gasteiger partial charge is 0.367 e. The van der Waals surface area contributed by atoms with Gasteiger partial charge in [0.15, 0.2) is 0 Å². The summed E-state index contributed by atoms with van der Waals surface area (Å²) in [5.41, 5.74) is 0.270. The molecule has 2 rings (SSSR count). The maximum absolute atomic E-state index is 12.1. The third-order valence-electron chi connectivity index (χ3n) is 3.93. The number of carbonyl (C=O) groups excluding carboxylic acids is 1. The number of H-pyrrole nitrogens is 1. The van der Waals surface area contributed by atoms with Gasteiger partial charge in [-0.05, 0) is 30.9 Å². The van der Waals surface area contributed by atoms with Crippen LogP contribution in [-0.4, -0.2) is 17.4 Å². The summed E-state index contributed by atoms with van der Waals surface area (Å²) >= 11 is 0. The molecule has 0 aromatic carbocycles. The number of rotatable bonds is 4. The second-order valence-corrected chi connectivity index (χ2v) is 5.71. The lowest BCUT2D eigenvalue weighted by molar-refractivity contribution is -0.132. The lowest BCUT2D eigenvalue weighted by Gasteiger charge is -2.35. The molecule has 1 heterocycles. The predicted molar refractivity (Wildman–Crippen MR) is 68.7 cm³/mol. The van der Waals surface area contributed by atoms with E-state index in [1.165, 1.54) is 0 Å². The molecular weight excluding hydrogens is 226 g/mol. The lowest BCUT2D eigenvalue weighted by atomic mass is 9.69. The Labute approximate surface area is 107 Å². The zero-order valence-corrected chi connectivity index (χ0v) is 10.9. The number of nitrogens with one attached hydrogen (secondary N) is 2. The Kier molecular flexibility index (Phi) is 3.16. The van der Waals surface area contributed by atoms with Crippen LogP contribution in [0.3, 0.4) is 0 Å². The summed E-state index contributed by atoms with van der Waals surface area (Å²) in [6.07, 6.45) is 6.18. The Morgan fingerprint density at radius 3 is 2.78 bits per heavy atom. The van der Waals surface area contributed by atoms with Gasteiger partial charge in [-0.15, -0.1) is 0 Å². The van der Waals surface area contributed by atoms with Crippen LogP contribution in [-0.2, 0) is 10.2 Å². The molecule has 4 heteroatoms.